The lowest BCUT2D eigenvalue weighted by Crippen LogP contribution is -2.18. The molecule has 7 nitrogen and oxygen atoms in total. The minimum absolute atomic E-state index is 0.628. The smallest absolute Gasteiger partial charge is 0.200 e. The fourth-order valence-electron chi connectivity index (χ4n) is 1.97. The highest BCUT2D eigenvalue weighted by Gasteiger charge is 2.07. The van der Waals surface area contributed by atoms with E-state index in [1.165, 1.54) is 4.63 Å². The normalized spacial score (nSPS) is 10.7. The van der Waals surface area contributed by atoms with Gasteiger partial charge in [-0.05, 0) is 40.3 Å². The van der Waals surface area contributed by atoms with E-state index in [4.69, 9.17) is 4.74 Å². The Balaban J connectivity index is 1.82. The second-order valence-corrected chi connectivity index (χ2v) is 4.43. The second-order valence-electron chi connectivity index (χ2n) is 4.43. The Morgan fingerprint density at radius 3 is 3.00 bits per heavy atom. The van der Waals surface area contributed by atoms with Crippen molar-refractivity contribution in [1.29, 1.82) is 0 Å². The molecule has 7 heteroatoms. The van der Waals surface area contributed by atoms with E-state index in [-0.39, 0.29) is 0 Å². The molecule has 0 bridgehead atoms. The van der Waals surface area contributed by atoms with Crippen LogP contribution >= 0.6 is 0 Å². The summed E-state index contributed by atoms with van der Waals surface area (Å²) in [5.74, 6) is 1.65. The van der Waals surface area contributed by atoms with Crippen LogP contribution in [0.15, 0.2) is 36.4 Å². The maximum absolute atomic E-state index is 5.22. The molecule has 0 atom stereocenters. The quantitative estimate of drug-likeness (QED) is 0.708. The predicted octanol–water partition coefficient (Wildman–Crippen LogP) is 1.16. The van der Waals surface area contributed by atoms with E-state index in [9.17, 15) is 0 Å². The molecule has 1 aromatic carbocycles. The van der Waals surface area contributed by atoms with Crippen LogP contribution < -0.4 is 9.64 Å². The number of nitrogens with zero attached hydrogens (tertiary/aromatic N) is 6. The Morgan fingerprint density at radius 1 is 1.25 bits per heavy atom. The van der Waals surface area contributed by atoms with Crippen molar-refractivity contribution >= 4 is 11.5 Å². The number of anilines is 1. The van der Waals surface area contributed by atoms with Crippen molar-refractivity contribution in [3.8, 4) is 5.75 Å². The van der Waals surface area contributed by atoms with Crippen molar-refractivity contribution in [2.75, 3.05) is 19.1 Å². The molecule has 0 radical (unpaired) electrons. The third-order valence-electron chi connectivity index (χ3n) is 3.00. The van der Waals surface area contributed by atoms with Gasteiger partial charge in [-0.15, -0.1) is 14.8 Å². The molecule has 0 amide bonds. The highest BCUT2D eigenvalue weighted by molar-refractivity contribution is 5.44. The number of benzene rings is 1. The Hall–Kier alpha value is -2.70. The van der Waals surface area contributed by atoms with E-state index in [0.29, 0.717) is 5.65 Å². The molecule has 0 unspecified atom stereocenters. The summed E-state index contributed by atoms with van der Waals surface area (Å²) in [6, 6.07) is 11.7. The summed E-state index contributed by atoms with van der Waals surface area (Å²) in [6.07, 6.45) is 0. The Labute approximate surface area is 115 Å². The van der Waals surface area contributed by atoms with Crippen LogP contribution in [0.3, 0.4) is 0 Å². The molecule has 0 fully saturated rings. The van der Waals surface area contributed by atoms with Gasteiger partial charge in [-0.2, -0.15) is 0 Å². The Kier molecular flexibility index (Phi) is 3.16. The van der Waals surface area contributed by atoms with Gasteiger partial charge in [-0.25, -0.2) is 0 Å². The molecule has 0 N–H and O–H groups in total. The van der Waals surface area contributed by atoms with Crippen LogP contribution in [0.4, 0.5) is 5.82 Å². The minimum Gasteiger partial charge on any atom is -0.497 e. The van der Waals surface area contributed by atoms with Crippen LogP contribution in [0.2, 0.25) is 0 Å². The summed E-state index contributed by atoms with van der Waals surface area (Å²) in [4.78, 5) is 2.02. The van der Waals surface area contributed by atoms with E-state index < -0.39 is 0 Å². The molecule has 0 spiro atoms. The van der Waals surface area contributed by atoms with Crippen LogP contribution in [0.1, 0.15) is 5.56 Å². The maximum Gasteiger partial charge on any atom is 0.200 e. The topological polar surface area (TPSA) is 68.4 Å². The first kappa shape index (κ1) is 12.3. The van der Waals surface area contributed by atoms with E-state index in [1.807, 2.05) is 42.3 Å². The molecule has 3 rings (SSSR count). The molecular weight excluding hydrogens is 256 g/mol. The third-order valence-corrected chi connectivity index (χ3v) is 3.00. The van der Waals surface area contributed by atoms with Gasteiger partial charge in [0, 0.05) is 13.6 Å². The van der Waals surface area contributed by atoms with Crippen LogP contribution in [-0.2, 0) is 6.54 Å². The monoisotopic (exact) mass is 270 g/mol. The van der Waals surface area contributed by atoms with Gasteiger partial charge in [0.1, 0.15) is 5.75 Å². The molecule has 0 saturated heterocycles. The SMILES string of the molecule is COc1cccc(CN(C)c2ccc3nnnn3n2)c1. The molecule has 20 heavy (non-hydrogen) atoms. The highest BCUT2D eigenvalue weighted by atomic mass is 16.5. The van der Waals surface area contributed by atoms with E-state index >= 15 is 0 Å². The van der Waals surface area contributed by atoms with Crippen molar-refractivity contribution in [1.82, 2.24) is 25.3 Å². The fourth-order valence-corrected chi connectivity index (χ4v) is 1.97. The zero-order chi connectivity index (χ0) is 13.9. The fraction of sp³-hybridized carbons (Fsp3) is 0.231. The first-order valence-corrected chi connectivity index (χ1v) is 6.16. The Bertz CT molecular complexity index is 725. The van der Waals surface area contributed by atoms with E-state index in [2.05, 4.69) is 26.7 Å². The van der Waals surface area contributed by atoms with E-state index in [1.54, 1.807) is 7.11 Å². The van der Waals surface area contributed by atoms with Crippen molar-refractivity contribution in [3.63, 3.8) is 0 Å². The number of ether oxygens (including phenoxy) is 1. The van der Waals surface area contributed by atoms with Crippen molar-refractivity contribution in [2.24, 2.45) is 0 Å². The average molecular weight is 270 g/mol. The zero-order valence-corrected chi connectivity index (χ0v) is 11.3. The summed E-state index contributed by atoms with van der Waals surface area (Å²) in [7, 11) is 3.63. The maximum atomic E-state index is 5.22. The van der Waals surface area contributed by atoms with Crippen molar-refractivity contribution in [2.45, 2.75) is 6.54 Å². The highest BCUT2D eigenvalue weighted by Crippen LogP contribution is 2.16. The van der Waals surface area contributed by atoms with Gasteiger partial charge in [-0.1, -0.05) is 12.1 Å². The molecule has 0 aliphatic rings. The molecule has 2 heterocycles. The average Bonchev–Trinajstić information content (AvgIpc) is 2.94. The number of fused-ring (bicyclic) bond motifs is 1. The molecule has 0 aliphatic carbocycles. The van der Waals surface area contributed by atoms with Crippen LogP contribution in [-0.4, -0.2) is 39.4 Å². The lowest BCUT2D eigenvalue weighted by molar-refractivity contribution is 0.414. The largest absolute Gasteiger partial charge is 0.497 e. The van der Waals surface area contributed by atoms with Gasteiger partial charge in [0.05, 0.1) is 7.11 Å². The van der Waals surface area contributed by atoms with Crippen LogP contribution in [0, 0.1) is 0 Å². The number of aromatic nitrogens is 5. The van der Waals surface area contributed by atoms with Crippen LogP contribution in [0.25, 0.3) is 5.65 Å². The first-order chi connectivity index (χ1) is 9.76. The van der Waals surface area contributed by atoms with Gasteiger partial charge in [-0.3, -0.25) is 0 Å². The molecule has 102 valence electrons. The summed E-state index contributed by atoms with van der Waals surface area (Å²) in [5.41, 5.74) is 1.77. The van der Waals surface area contributed by atoms with Gasteiger partial charge in [0.25, 0.3) is 0 Å². The summed E-state index contributed by atoms with van der Waals surface area (Å²) >= 11 is 0. The number of hydrogen-bond donors (Lipinski definition) is 0. The number of methoxy groups -OCH3 is 1. The van der Waals surface area contributed by atoms with Gasteiger partial charge < -0.3 is 9.64 Å². The number of tetrazole rings is 1. The summed E-state index contributed by atoms with van der Waals surface area (Å²) in [5, 5.41) is 15.5. The zero-order valence-electron chi connectivity index (χ0n) is 11.3. The van der Waals surface area contributed by atoms with Crippen LogP contribution in [0.5, 0.6) is 5.75 Å². The second kappa shape index (κ2) is 5.12. The molecule has 3 aromatic rings. The molecule has 0 aliphatic heterocycles. The van der Waals surface area contributed by atoms with Crippen molar-refractivity contribution in [3.05, 3.63) is 42.0 Å². The number of hydrogen-bond acceptors (Lipinski definition) is 6. The molecule has 0 saturated carbocycles. The molecule has 2 aromatic heterocycles. The summed E-state index contributed by atoms with van der Waals surface area (Å²) in [6.45, 7) is 0.720. The van der Waals surface area contributed by atoms with Crippen molar-refractivity contribution < 1.29 is 4.74 Å². The van der Waals surface area contributed by atoms with Gasteiger partial charge >= 0.3 is 0 Å². The predicted molar refractivity (Wildman–Crippen MR) is 73.7 cm³/mol. The Morgan fingerprint density at radius 2 is 2.15 bits per heavy atom. The lowest BCUT2D eigenvalue weighted by atomic mass is 10.2. The number of rotatable bonds is 4. The van der Waals surface area contributed by atoms with Gasteiger partial charge in [0.2, 0.25) is 0 Å². The molecular formula is C13H14N6O. The third kappa shape index (κ3) is 2.37. The standard InChI is InChI=1S/C13H14N6O/c1-18(9-10-4-3-5-11(8-10)20-2)13-7-6-12-14-16-17-19(12)15-13/h3-8H,9H2,1-2H3. The van der Waals surface area contributed by atoms with Gasteiger partial charge in [0.15, 0.2) is 11.5 Å². The lowest BCUT2D eigenvalue weighted by Gasteiger charge is -2.18. The first-order valence-electron chi connectivity index (χ1n) is 6.16. The summed E-state index contributed by atoms with van der Waals surface area (Å²) < 4.78 is 6.64. The van der Waals surface area contributed by atoms with E-state index in [0.717, 1.165) is 23.7 Å². The minimum atomic E-state index is 0.628.